The number of benzene rings is 1. The van der Waals surface area contributed by atoms with E-state index in [0.29, 0.717) is 10.6 Å². The van der Waals surface area contributed by atoms with Gasteiger partial charge in [0.1, 0.15) is 12.2 Å². The lowest BCUT2D eigenvalue weighted by Crippen LogP contribution is -2.27. The SMILES string of the molecule is COC1CN(c2ccc(/C=C/C(=O)O)c(Cl)c2)CC1OC. The van der Waals surface area contributed by atoms with Crippen LogP contribution in [0.4, 0.5) is 5.69 Å². The first-order chi connectivity index (χ1) is 10.0. The molecule has 2 atom stereocenters. The van der Waals surface area contributed by atoms with E-state index in [1.807, 2.05) is 12.1 Å². The van der Waals surface area contributed by atoms with Gasteiger partial charge in [0.05, 0.1) is 0 Å². The average Bonchev–Trinajstić information content (AvgIpc) is 2.89. The maximum Gasteiger partial charge on any atom is 0.328 e. The second-order valence-electron chi connectivity index (χ2n) is 4.83. The van der Waals surface area contributed by atoms with Crippen LogP contribution in [0, 0.1) is 0 Å². The molecule has 2 rings (SSSR count). The number of methoxy groups -OCH3 is 2. The van der Waals surface area contributed by atoms with Crippen LogP contribution in [0.25, 0.3) is 6.08 Å². The van der Waals surface area contributed by atoms with Crippen molar-refractivity contribution in [2.24, 2.45) is 0 Å². The summed E-state index contributed by atoms with van der Waals surface area (Å²) in [5, 5.41) is 9.15. The van der Waals surface area contributed by atoms with Crippen LogP contribution in [-0.2, 0) is 14.3 Å². The monoisotopic (exact) mass is 311 g/mol. The third-order valence-electron chi connectivity index (χ3n) is 3.58. The second kappa shape index (κ2) is 6.93. The Bertz CT molecular complexity index is 534. The van der Waals surface area contributed by atoms with Gasteiger partial charge in [0.25, 0.3) is 0 Å². The molecule has 21 heavy (non-hydrogen) atoms. The van der Waals surface area contributed by atoms with Crippen molar-refractivity contribution in [2.45, 2.75) is 12.2 Å². The van der Waals surface area contributed by atoms with Gasteiger partial charge in [0.15, 0.2) is 0 Å². The molecule has 1 heterocycles. The largest absolute Gasteiger partial charge is 0.478 e. The fraction of sp³-hybridized carbons (Fsp3) is 0.400. The molecule has 0 amide bonds. The van der Waals surface area contributed by atoms with Crippen LogP contribution in [0.15, 0.2) is 24.3 Å². The maximum absolute atomic E-state index is 10.5. The fourth-order valence-corrected chi connectivity index (χ4v) is 2.65. The Labute approximate surface area is 128 Å². The third-order valence-corrected chi connectivity index (χ3v) is 3.90. The van der Waals surface area contributed by atoms with E-state index in [4.69, 9.17) is 26.2 Å². The molecule has 0 saturated carbocycles. The molecule has 0 aliphatic carbocycles. The molecule has 0 radical (unpaired) electrons. The van der Waals surface area contributed by atoms with E-state index in [9.17, 15) is 4.79 Å². The highest BCUT2D eigenvalue weighted by Gasteiger charge is 2.33. The summed E-state index contributed by atoms with van der Waals surface area (Å²) in [6, 6.07) is 5.55. The van der Waals surface area contributed by atoms with E-state index < -0.39 is 5.97 Å². The lowest BCUT2D eigenvalue weighted by molar-refractivity contribution is -0.131. The summed E-state index contributed by atoms with van der Waals surface area (Å²) in [6.45, 7) is 1.46. The van der Waals surface area contributed by atoms with Gasteiger partial charge in [-0.1, -0.05) is 17.7 Å². The minimum absolute atomic E-state index is 0.0281. The van der Waals surface area contributed by atoms with Gasteiger partial charge in [-0.2, -0.15) is 0 Å². The third kappa shape index (κ3) is 3.75. The van der Waals surface area contributed by atoms with Crippen molar-refractivity contribution in [3.05, 3.63) is 34.9 Å². The first-order valence-electron chi connectivity index (χ1n) is 6.56. The number of carbonyl (C=O) groups is 1. The summed E-state index contributed by atoms with van der Waals surface area (Å²) in [4.78, 5) is 12.7. The van der Waals surface area contributed by atoms with Gasteiger partial charge >= 0.3 is 5.97 Å². The minimum atomic E-state index is -0.999. The minimum Gasteiger partial charge on any atom is -0.478 e. The average molecular weight is 312 g/mol. The molecule has 1 fully saturated rings. The van der Waals surface area contributed by atoms with Crippen LogP contribution in [0.3, 0.4) is 0 Å². The van der Waals surface area contributed by atoms with Crippen molar-refractivity contribution in [1.29, 1.82) is 0 Å². The van der Waals surface area contributed by atoms with Gasteiger partial charge in [0.2, 0.25) is 0 Å². The first-order valence-corrected chi connectivity index (χ1v) is 6.94. The number of rotatable bonds is 5. The van der Waals surface area contributed by atoms with E-state index >= 15 is 0 Å². The van der Waals surface area contributed by atoms with Gasteiger partial charge < -0.3 is 19.5 Å². The van der Waals surface area contributed by atoms with Crippen LogP contribution in [-0.4, -0.2) is 50.6 Å². The Morgan fingerprint density at radius 1 is 1.33 bits per heavy atom. The number of aliphatic carboxylic acids is 1. The van der Waals surface area contributed by atoms with Crippen molar-refractivity contribution >= 4 is 29.3 Å². The van der Waals surface area contributed by atoms with Gasteiger partial charge in [-0.15, -0.1) is 0 Å². The van der Waals surface area contributed by atoms with E-state index in [-0.39, 0.29) is 12.2 Å². The Morgan fingerprint density at radius 2 is 1.95 bits per heavy atom. The van der Waals surface area contributed by atoms with Crippen molar-refractivity contribution < 1.29 is 19.4 Å². The summed E-state index contributed by atoms with van der Waals surface area (Å²) in [5.41, 5.74) is 1.64. The smallest absolute Gasteiger partial charge is 0.328 e. The topological polar surface area (TPSA) is 59.0 Å². The van der Waals surface area contributed by atoms with Crippen LogP contribution < -0.4 is 4.90 Å². The molecule has 1 aliphatic rings. The molecule has 1 N–H and O–H groups in total. The molecule has 2 unspecified atom stereocenters. The normalized spacial score (nSPS) is 22.1. The number of hydrogen-bond acceptors (Lipinski definition) is 4. The van der Waals surface area contributed by atoms with Crippen molar-refractivity contribution in [3.8, 4) is 0 Å². The fourth-order valence-electron chi connectivity index (χ4n) is 2.42. The maximum atomic E-state index is 10.5. The standard InChI is InChI=1S/C15H18ClNO4/c1-20-13-8-17(9-14(13)21-2)11-5-3-10(12(16)7-11)4-6-15(18)19/h3-7,13-14H,8-9H2,1-2H3,(H,18,19)/b6-4+. The molecule has 1 saturated heterocycles. The number of carboxylic acid groups (broad SMARTS) is 1. The summed E-state index contributed by atoms with van der Waals surface area (Å²) >= 11 is 6.20. The summed E-state index contributed by atoms with van der Waals surface area (Å²) in [5.74, 6) is -0.999. The predicted molar refractivity (Wildman–Crippen MR) is 81.9 cm³/mol. The molecule has 1 aromatic carbocycles. The predicted octanol–water partition coefficient (Wildman–Crippen LogP) is 2.29. The highest BCUT2D eigenvalue weighted by Crippen LogP contribution is 2.28. The van der Waals surface area contributed by atoms with E-state index in [2.05, 4.69) is 4.90 Å². The number of halogens is 1. The molecule has 6 heteroatoms. The highest BCUT2D eigenvalue weighted by molar-refractivity contribution is 6.32. The zero-order valence-corrected chi connectivity index (χ0v) is 12.7. The highest BCUT2D eigenvalue weighted by atomic mass is 35.5. The summed E-state index contributed by atoms with van der Waals surface area (Å²) in [6.07, 6.45) is 2.60. The second-order valence-corrected chi connectivity index (χ2v) is 5.24. The zero-order valence-electron chi connectivity index (χ0n) is 12.0. The lowest BCUT2D eigenvalue weighted by atomic mass is 10.2. The van der Waals surface area contributed by atoms with Gasteiger partial charge in [-0.3, -0.25) is 0 Å². The number of carboxylic acids is 1. The summed E-state index contributed by atoms with van der Waals surface area (Å²) in [7, 11) is 3.35. The Kier molecular flexibility index (Phi) is 5.22. The van der Waals surface area contributed by atoms with E-state index in [1.165, 1.54) is 6.08 Å². The molecule has 0 aromatic heterocycles. The van der Waals surface area contributed by atoms with Crippen molar-refractivity contribution in [1.82, 2.24) is 0 Å². The van der Waals surface area contributed by atoms with Gasteiger partial charge in [-0.25, -0.2) is 4.79 Å². The molecule has 5 nitrogen and oxygen atoms in total. The molecule has 0 bridgehead atoms. The van der Waals surface area contributed by atoms with E-state index in [1.54, 1.807) is 20.3 Å². The zero-order chi connectivity index (χ0) is 15.4. The molecular weight excluding hydrogens is 294 g/mol. The molecular formula is C15H18ClNO4. The summed E-state index contributed by atoms with van der Waals surface area (Å²) < 4.78 is 10.8. The Morgan fingerprint density at radius 3 is 2.43 bits per heavy atom. The van der Waals surface area contributed by atoms with Gasteiger partial charge in [0, 0.05) is 44.1 Å². The Hall–Kier alpha value is -1.56. The molecule has 0 spiro atoms. The number of anilines is 1. The first kappa shape index (κ1) is 15.8. The van der Waals surface area contributed by atoms with Gasteiger partial charge in [-0.05, 0) is 23.8 Å². The van der Waals surface area contributed by atoms with E-state index in [0.717, 1.165) is 24.9 Å². The van der Waals surface area contributed by atoms with Crippen LogP contribution in [0.5, 0.6) is 0 Å². The lowest BCUT2D eigenvalue weighted by Gasteiger charge is -2.18. The number of nitrogens with zero attached hydrogens (tertiary/aromatic N) is 1. The van der Waals surface area contributed by atoms with Crippen molar-refractivity contribution in [2.75, 3.05) is 32.2 Å². The Balaban J connectivity index is 2.15. The number of ether oxygens (including phenoxy) is 2. The quantitative estimate of drug-likeness (QED) is 0.846. The molecule has 114 valence electrons. The van der Waals surface area contributed by atoms with Crippen LogP contribution >= 0.6 is 11.6 Å². The number of hydrogen-bond donors (Lipinski definition) is 1. The molecule has 1 aliphatic heterocycles. The van der Waals surface area contributed by atoms with Crippen molar-refractivity contribution in [3.63, 3.8) is 0 Å². The van der Waals surface area contributed by atoms with Crippen LogP contribution in [0.1, 0.15) is 5.56 Å². The van der Waals surface area contributed by atoms with Crippen LogP contribution in [0.2, 0.25) is 5.02 Å². The molecule has 1 aromatic rings.